The number of benzene rings is 3. The highest BCUT2D eigenvalue weighted by Crippen LogP contribution is 2.26. The van der Waals surface area contributed by atoms with Crippen molar-refractivity contribution in [1.82, 2.24) is 9.55 Å². The summed E-state index contributed by atoms with van der Waals surface area (Å²) in [5, 5.41) is 0.697. The zero-order valence-corrected chi connectivity index (χ0v) is 19.4. The molecule has 4 aromatic rings. The fourth-order valence-electron chi connectivity index (χ4n) is 3.81. The highest BCUT2D eigenvalue weighted by Gasteiger charge is 2.11. The Morgan fingerprint density at radius 1 is 0.875 bits per heavy atom. The molecule has 166 valence electrons. The summed E-state index contributed by atoms with van der Waals surface area (Å²) >= 11 is 5.97. The Bertz CT molecular complexity index is 1150. The maximum atomic E-state index is 6.09. The molecule has 32 heavy (non-hydrogen) atoms. The minimum Gasteiger partial charge on any atom is -0.493 e. The Kier molecular flexibility index (Phi) is 7.33. The van der Waals surface area contributed by atoms with Crippen LogP contribution in [-0.2, 0) is 13.2 Å². The highest BCUT2D eigenvalue weighted by molar-refractivity contribution is 6.30. The molecule has 0 unspecified atom stereocenters. The van der Waals surface area contributed by atoms with E-state index in [4.69, 9.17) is 26.1 Å². The van der Waals surface area contributed by atoms with Crippen molar-refractivity contribution in [1.29, 1.82) is 0 Å². The van der Waals surface area contributed by atoms with Crippen molar-refractivity contribution in [2.45, 2.75) is 45.8 Å². The smallest absolute Gasteiger partial charge is 0.147 e. The van der Waals surface area contributed by atoms with Gasteiger partial charge in [0.05, 0.1) is 17.6 Å². The number of rotatable bonds is 10. The summed E-state index contributed by atoms with van der Waals surface area (Å²) in [6.07, 6.45) is 1.97. The van der Waals surface area contributed by atoms with Gasteiger partial charge >= 0.3 is 0 Å². The molecule has 0 N–H and O–H groups in total. The number of unbranched alkanes of at least 4 members (excludes halogenated alkanes) is 1. The Morgan fingerprint density at radius 2 is 1.62 bits per heavy atom. The van der Waals surface area contributed by atoms with Gasteiger partial charge in [-0.25, -0.2) is 4.98 Å². The molecular formula is C27H29ClN2O2. The van der Waals surface area contributed by atoms with Crippen molar-refractivity contribution in [2.75, 3.05) is 6.61 Å². The SMILES string of the molecule is CC(C)c1ccccc1OCCCCn1c(COc2ccc(Cl)cc2)nc2ccccc21. The van der Waals surface area contributed by atoms with Gasteiger partial charge in [0.1, 0.15) is 23.9 Å². The Balaban J connectivity index is 1.38. The summed E-state index contributed by atoms with van der Waals surface area (Å²) in [6, 6.07) is 24.0. The van der Waals surface area contributed by atoms with Crippen LogP contribution in [0.5, 0.6) is 11.5 Å². The van der Waals surface area contributed by atoms with Crippen LogP contribution >= 0.6 is 11.6 Å². The number of hydrogen-bond acceptors (Lipinski definition) is 3. The van der Waals surface area contributed by atoms with Crippen LogP contribution in [0.1, 0.15) is 44.0 Å². The number of ether oxygens (including phenoxy) is 2. The third-order valence-electron chi connectivity index (χ3n) is 5.49. The Labute approximate surface area is 194 Å². The quantitative estimate of drug-likeness (QED) is 0.240. The molecule has 5 heteroatoms. The molecular weight excluding hydrogens is 420 g/mol. The molecule has 0 atom stereocenters. The van der Waals surface area contributed by atoms with Gasteiger partial charge in [-0.05, 0) is 66.8 Å². The molecule has 3 aromatic carbocycles. The fraction of sp³-hybridized carbons (Fsp3) is 0.296. The molecule has 0 spiro atoms. The minimum atomic E-state index is 0.411. The van der Waals surface area contributed by atoms with Gasteiger partial charge in [0.15, 0.2) is 0 Å². The van der Waals surface area contributed by atoms with E-state index in [0.717, 1.165) is 47.7 Å². The summed E-state index contributed by atoms with van der Waals surface area (Å²) in [5.41, 5.74) is 3.38. The summed E-state index contributed by atoms with van der Waals surface area (Å²) in [4.78, 5) is 4.80. The number of para-hydroxylation sites is 3. The first-order valence-corrected chi connectivity index (χ1v) is 11.5. The van der Waals surface area contributed by atoms with Gasteiger partial charge in [0.2, 0.25) is 0 Å². The van der Waals surface area contributed by atoms with Gasteiger partial charge < -0.3 is 14.0 Å². The van der Waals surface area contributed by atoms with Crippen LogP contribution in [0.4, 0.5) is 0 Å². The third kappa shape index (κ3) is 5.43. The van der Waals surface area contributed by atoms with Crippen molar-refractivity contribution in [3.8, 4) is 11.5 Å². The van der Waals surface area contributed by atoms with Gasteiger partial charge in [0.25, 0.3) is 0 Å². The van der Waals surface area contributed by atoms with Crippen molar-refractivity contribution < 1.29 is 9.47 Å². The molecule has 4 rings (SSSR count). The number of halogens is 1. The molecule has 1 heterocycles. The summed E-state index contributed by atoms with van der Waals surface area (Å²) < 4.78 is 14.3. The number of aryl methyl sites for hydroxylation is 1. The second-order valence-electron chi connectivity index (χ2n) is 8.16. The molecule has 1 aromatic heterocycles. The molecule has 0 bridgehead atoms. The van der Waals surface area contributed by atoms with E-state index in [1.165, 1.54) is 5.56 Å². The van der Waals surface area contributed by atoms with E-state index < -0.39 is 0 Å². The van der Waals surface area contributed by atoms with Crippen molar-refractivity contribution in [2.24, 2.45) is 0 Å². The van der Waals surface area contributed by atoms with E-state index in [2.05, 4.69) is 48.7 Å². The lowest BCUT2D eigenvalue weighted by atomic mass is 10.0. The first-order valence-electron chi connectivity index (χ1n) is 11.2. The van der Waals surface area contributed by atoms with Crippen LogP contribution in [0.3, 0.4) is 0 Å². The second kappa shape index (κ2) is 10.6. The van der Waals surface area contributed by atoms with Gasteiger partial charge in [-0.15, -0.1) is 0 Å². The van der Waals surface area contributed by atoms with Gasteiger partial charge in [0, 0.05) is 11.6 Å². The fourth-order valence-corrected chi connectivity index (χ4v) is 3.93. The van der Waals surface area contributed by atoms with E-state index >= 15 is 0 Å². The summed E-state index contributed by atoms with van der Waals surface area (Å²) in [5.74, 6) is 3.15. The normalized spacial score (nSPS) is 11.2. The van der Waals surface area contributed by atoms with Crippen molar-refractivity contribution in [3.63, 3.8) is 0 Å². The maximum absolute atomic E-state index is 6.09. The molecule has 0 radical (unpaired) electrons. The third-order valence-corrected chi connectivity index (χ3v) is 5.74. The number of nitrogens with zero attached hydrogens (tertiary/aromatic N) is 2. The topological polar surface area (TPSA) is 36.3 Å². The molecule has 0 saturated heterocycles. The highest BCUT2D eigenvalue weighted by atomic mass is 35.5. The van der Waals surface area contributed by atoms with E-state index in [9.17, 15) is 0 Å². The second-order valence-corrected chi connectivity index (χ2v) is 8.60. The zero-order valence-electron chi connectivity index (χ0n) is 18.6. The van der Waals surface area contributed by atoms with E-state index in [1.54, 1.807) is 0 Å². The molecule has 0 fully saturated rings. The molecule has 0 saturated carbocycles. The molecule has 0 aliphatic carbocycles. The molecule has 0 amide bonds. The van der Waals surface area contributed by atoms with Crippen LogP contribution < -0.4 is 9.47 Å². The van der Waals surface area contributed by atoms with Crippen LogP contribution in [0, 0.1) is 0 Å². The van der Waals surface area contributed by atoms with E-state index in [1.807, 2.05) is 42.5 Å². The molecule has 4 nitrogen and oxygen atoms in total. The first-order chi connectivity index (χ1) is 15.6. The number of hydrogen-bond donors (Lipinski definition) is 0. The molecule has 0 aliphatic rings. The monoisotopic (exact) mass is 448 g/mol. The average Bonchev–Trinajstić information content (AvgIpc) is 3.16. The summed E-state index contributed by atoms with van der Waals surface area (Å²) in [6.45, 7) is 6.37. The molecule has 0 aliphatic heterocycles. The van der Waals surface area contributed by atoms with Crippen LogP contribution in [0.15, 0.2) is 72.8 Å². The maximum Gasteiger partial charge on any atom is 0.147 e. The number of aromatic nitrogens is 2. The standard InChI is InChI=1S/C27H29ClN2O2/c1-20(2)23-9-3-6-12-26(23)31-18-8-7-17-30-25-11-5-4-10-24(25)29-27(30)19-32-22-15-13-21(28)14-16-22/h3-6,9-16,20H,7-8,17-19H2,1-2H3. The largest absolute Gasteiger partial charge is 0.493 e. The minimum absolute atomic E-state index is 0.411. The van der Waals surface area contributed by atoms with Gasteiger partial charge in [-0.1, -0.05) is 55.8 Å². The van der Waals surface area contributed by atoms with Gasteiger partial charge in [-0.2, -0.15) is 0 Å². The summed E-state index contributed by atoms with van der Waals surface area (Å²) in [7, 11) is 0. The zero-order chi connectivity index (χ0) is 22.3. The lowest BCUT2D eigenvalue weighted by molar-refractivity contribution is 0.284. The first kappa shape index (κ1) is 22.2. The average molecular weight is 449 g/mol. The van der Waals surface area contributed by atoms with E-state index in [-0.39, 0.29) is 0 Å². The van der Waals surface area contributed by atoms with Crippen LogP contribution in [0.25, 0.3) is 11.0 Å². The van der Waals surface area contributed by atoms with Crippen LogP contribution in [-0.4, -0.2) is 16.2 Å². The number of imidazole rings is 1. The predicted octanol–water partition coefficient (Wildman–Crippen LogP) is 7.25. The Morgan fingerprint density at radius 3 is 2.44 bits per heavy atom. The Hall–Kier alpha value is -2.98. The van der Waals surface area contributed by atoms with Crippen molar-refractivity contribution >= 4 is 22.6 Å². The van der Waals surface area contributed by atoms with Crippen molar-refractivity contribution in [3.05, 3.63) is 89.2 Å². The van der Waals surface area contributed by atoms with Crippen LogP contribution in [0.2, 0.25) is 5.02 Å². The predicted molar refractivity (Wildman–Crippen MR) is 131 cm³/mol. The lowest BCUT2D eigenvalue weighted by Crippen LogP contribution is -2.09. The van der Waals surface area contributed by atoms with Gasteiger partial charge in [-0.3, -0.25) is 0 Å². The number of fused-ring (bicyclic) bond motifs is 1. The van der Waals surface area contributed by atoms with E-state index in [0.29, 0.717) is 24.2 Å². The lowest BCUT2D eigenvalue weighted by Gasteiger charge is -2.14.